The summed E-state index contributed by atoms with van der Waals surface area (Å²) < 4.78 is 0. The predicted octanol–water partition coefficient (Wildman–Crippen LogP) is 2.46. The molecule has 1 saturated heterocycles. The van der Waals surface area contributed by atoms with Crippen LogP contribution in [0.5, 0.6) is 0 Å². The summed E-state index contributed by atoms with van der Waals surface area (Å²) in [4.78, 5) is 27.2. The largest absolute Gasteiger partial charge is 0.348 e. The van der Waals surface area contributed by atoms with Gasteiger partial charge < -0.3 is 10.3 Å². The van der Waals surface area contributed by atoms with Crippen molar-refractivity contribution < 1.29 is 0 Å². The van der Waals surface area contributed by atoms with Crippen molar-refractivity contribution in [1.29, 1.82) is 0 Å². The van der Waals surface area contributed by atoms with Crippen LogP contribution in [0.3, 0.4) is 0 Å². The molecule has 4 rings (SSSR count). The Morgan fingerprint density at radius 2 is 2.12 bits per heavy atom. The molecule has 4 heterocycles. The molecule has 1 aliphatic heterocycles. The standard InChI is InChI=1S/C17H20N8/c1-2-10-25(12-16-20-8-9-21-16)14(3-1)13-4-5-22-17(23-13)24-15-11-18-6-7-19-15/h4-9,11,14H,1-3,10,12H2,(H,20,21)(H,19,22,23,24)/t14-/m1/s1. The third kappa shape index (κ3) is 3.80. The smallest absolute Gasteiger partial charge is 0.228 e. The van der Waals surface area contributed by atoms with Gasteiger partial charge >= 0.3 is 0 Å². The summed E-state index contributed by atoms with van der Waals surface area (Å²) in [5.74, 6) is 2.16. The molecule has 0 saturated carbocycles. The molecule has 8 nitrogen and oxygen atoms in total. The number of hydrogen-bond donors (Lipinski definition) is 2. The predicted molar refractivity (Wildman–Crippen MR) is 92.9 cm³/mol. The summed E-state index contributed by atoms with van der Waals surface area (Å²) in [5, 5.41) is 3.11. The Bertz CT molecular complexity index is 789. The summed E-state index contributed by atoms with van der Waals surface area (Å²) in [6, 6.07) is 2.26. The van der Waals surface area contributed by atoms with Crippen molar-refractivity contribution in [1.82, 2.24) is 34.8 Å². The van der Waals surface area contributed by atoms with E-state index < -0.39 is 0 Å². The Kier molecular flexibility index (Phi) is 4.60. The highest BCUT2D eigenvalue weighted by Gasteiger charge is 2.26. The first-order chi connectivity index (χ1) is 12.4. The van der Waals surface area contributed by atoms with Gasteiger partial charge in [-0.05, 0) is 25.5 Å². The number of nitrogens with zero attached hydrogens (tertiary/aromatic N) is 6. The highest BCUT2D eigenvalue weighted by molar-refractivity contribution is 5.45. The zero-order valence-electron chi connectivity index (χ0n) is 13.8. The number of piperidine rings is 1. The molecule has 0 aromatic carbocycles. The van der Waals surface area contributed by atoms with Gasteiger partial charge in [-0.15, -0.1) is 0 Å². The van der Waals surface area contributed by atoms with Crippen LogP contribution in [0.15, 0.2) is 43.2 Å². The number of nitrogens with one attached hydrogen (secondary N) is 2. The van der Waals surface area contributed by atoms with Crippen molar-refractivity contribution in [3.63, 3.8) is 0 Å². The van der Waals surface area contributed by atoms with Crippen molar-refractivity contribution >= 4 is 11.8 Å². The molecule has 25 heavy (non-hydrogen) atoms. The molecule has 0 aliphatic carbocycles. The van der Waals surface area contributed by atoms with Crippen LogP contribution in [0.2, 0.25) is 0 Å². The first-order valence-corrected chi connectivity index (χ1v) is 8.47. The summed E-state index contributed by atoms with van der Waals surface area (Å²) in [5.41, 5.74) is 1.02. The van der Waals surface area contributed by atoms with Gasteiger partial charge in [-0.2, -0.15) is 0 Å². The molecule has 1 aliphatic rings. The number of H-pyrrole nitrogens is 1. The van der Waals surface area contributed by atoms with E-state index >= 15 is 0 Å². The summed E-state index contributed by atoms with van der Waals surface area (Å²) in [6.07, 6.45) is 13.9. The average Bonchev–Trinajstić information content (AvgIpc) is 3.16. The quantitative estimate of drug-likeness (QED) is 0.739. The lowest BCUT2D eigenvalue weighted by Crippen LogP contribution is -2.33. The van der Waals surface area contributed by atoms with Crippen molar-refractivity contribution in [2.75, 3.05) is 11.9 Å². The van der Waals surface area contributed by atoms with Gasteiger partial charge in [0.15, 0.2) is 5.82 Å². The maximum Gasteiger partial charge on any atom is 0.228 e. The van der Waals surface area contributed by atoms with Crippen molar-refractivity contribution in [3.05, 3.63) is 54.8 Å². The van der Waals surface area contributed by atoms with Gasteiger partial charge in [0, 0.05) is 31.0 Å². The average molecular weight is 336 g/mol. The van der Waals surface area contributed by atoms with E-state index in [1.165, 1.54) is 12.8 Å². The molecule has 0 amide bonds. The molecule has 0 radical (unpaired) electrons. The number of hydrogen-bond acceptors (Lipinski definition) is 7. The Morgan fingerprint density at radius 1 is 1.12 bits per heavy atom. The number of likely N-dealkylation sites (tertiary alicyclic amines) is 1. The normalized spacial score (nSPS) is 18.2. The van der Waals surface area contributed by atoms with E-state index in [1.807, 2.05) is 12.3 Å². The van der Waals surface area contributed by atoms with E-state index in [0.29, 0.717) is 11.8 Å². The summed E-state index contributed by atoms with van der Waals surface area (Å²) in [7, 11) is 0. The van der Waals surface area contributed by atoms with E-state index in [2.05, 4.69) is 35.1 Å². The van der Waals surface area contributed by atoms with Gasteiger partial charge in [-0.25, -0.2) is 19.9 Å². The molecule has 1 fully saturated rings. The Morgan fingerprint density at radius 3 is 2.96 bits per heavy atom. The molecule has 3 aromatic rings. The van der Waals surface area contributed by atoms with E-state index in [9.17, 15) is 0 Å². The Labute approximate surface area is 145 Å². The minimum absolute atomic E-state index is 0.268. The first kappa shape index (κ1) is 15.6. The van der Waals surface area contributed by atoms with Gasteiger partial charge in [0.25, 0.3) is 0 Å². The van der Waals surface area contributed by atoms with Crippen LogP contribution in [0.1, 0.15) is 36.8 Å². The third-order valence-electron chi connectivity index (χ3n) is 4.34. The molecule has 128 valence electrons. The van der Waals surface area contributed by atoms with Crippen LogP contribution in [-0.4, -0.2) is 41.3 Å². The minimum Gasteiger partial charge on any atom is -0.348 e. The molecule has 0 spiro atoms. The fraction of sp³-hybridized carbons (Fsp3) is 0.353. The molecule has 8 heteroatoms. The van der Waals surface area contributed by atoms with Gasteiger partial charge in [0.05, 0.1) is 24.5 Å². The molecular formula is C17H20N8. The van der Waals surface area contributed by atoms with E-state index in [-0.39, 0.29) is 6.04 Å². The van der Waals surface area contributed by atoms with Gasteiger partial charge in [0.1, 0.15) is 5.82 Å². The highest BCUT2D eigenvalue weighted by Crippen LogP contribution is 2.31. The van der Waals surface area contributed by atoms with Crippen LogP contribution in [0.25, 0.3) is 0 Å². The zero-order valence-corrected chi connectivity index (χ0v) is 13.8. The summed E-state index contributed by atoms with van der Waals surface area (Å²) >= 11 is 0. The Hall–Kier alpha value is -2.87. The van der Waals surface area contributed by atoms with Crippen molar-refractivity contribution in [2.24, 2.45) is 0 Å². The zero-order chi connectivity index (χ0) is 16.9. The second kappa shape index (κ2) is 7.35. The topological polar surface area (TPSA) is 95.5 Å². The van der Waals surface area contributed by atoms with Crippen molar-refractivity contribution in [3.8, 4) is 0 Å². The highest BCUT2D eigenvalue weighted by atomic mass is 15.2. The van der Waals surface area contributed by atoms with E-state index in [0.717, 1.165) is 31.0 Å². The van der Waals surface area contributed by atoms with Gasteiger partial charge in [-0.3, -0.25) is 9.88 Å². The van der Waals surface area contributed by atoms with E-state index in [4.69, 9.17) is 4.98 Å². The lowest BCUT2D eigenvalue weighted by Gasteiger charge is -2.34. The van der Waals surface area contributed by atoms with Crippen LogP contribution in [0.4, 0.5) is 11.8 Å². The number of rotatable bonds is 5. The number of imidazole rings is 1. The van der Waals surface area contributed by atoms with E-state index in [1.54, 1.807) is 31.0 Å². The fourth-order valence-electron chi connectivity index (χ4n) is 3.19. The molecule has 0 unspecified atom stereocenters. The van der Waals surface area contributed by atoms with Crippen LogP contribution >= 0.6 is 0 Å². The number of anilines is 2. The van der Waals surface area contributed by atoms with Crippen LogP contribution in [-0.2, 0) is 6.54 Å². The molecular weight excluding hydrogens is 316 g/mol. The fourth-order valence-corrected chi connectivity index (χ4v) is 3.19. The minimum atomic E-state index is 0.268. The van der Waals surface area contributed by atoms with Gasteiger partial charge in [0.2, 0.25) is 5.95 Å². The summed E-state index contributed by atoms with van der Waals surface area (Å²) in [6.45, 7) is 1.84. The number of aromatic nitrogens is 6. The Balaban J connectivity index is 1.53. The molecule has 2 N–H and O–H groups in total. The van der Waals surface area contributed by atoms with Gasteiger partial charge in [-0.1, -0.05) is 6.42 Å². The number of aromatic amines is 1. The lowest BCUT2D eigenvalue weighted by atomic mass is 9.99. The molecule has 3 aromatic heterocycles. The third-order valence-corrected chi connectivity index (χ3v) is 4.34. The van der Waals surface area contributed by atoms with Crippen LogP contribution in [0, 0.1) is 0 Å². The lowest BCUT2D eigenvalue weighted by molar-refractivity contribution is 0.134. The SMILES string of the molecule is c1cnc(Nc2nccc([C@H]3CCCCN3Cc3ncc[nH]3)n2)cn1. The molecule has 1 atom stereocenters. The second-order valence-electron chi connectivity index (χ2n) is 6.04. The second-order valence-corrected chi connectivity index (χ2v) is 6.04. The van der Waals surface area contributed by atoms with Crippen LogP contribution < -0.4 is 5.32 Å². The van der Waals surface area contributed by atoms with Crippen molar-refractivity contribution in [2.45, 2.75) is 31.8 Å². The monoisotopic (exact) mass is 336 g/mol. The first-order valence-electron chi connectivity index (χ1n) is 8.47. The maximum atomic E-state index is 4.71. The maximum absolute atomic E-state index is 4.71. The molecule has 0 bridgehead atoms.